The monoisotopic (exact) mass is 667 g/mol. The second kappa shape index (κ2) is 12.9. The third kappa shape index (κ3) is 8.00. The van der Waals surface area contributed by atoms with Crippen molar-refractivity contribution in [3.05, 3.63) is 92.4 Å². The first kappa shape index (κ1) is 31.9. The number of rotatable bonds is 9. The molecule has 0 aliphatic carbocycles. The van der Waals surface area contributed by atoms with Crippen molar-refractivity contribution in [2.24, 2.45) is 0 Å². The van der Waals surface area contributed by atoms with Crippen LogP contribution in [-0.2, 0) is 26.2 Å². The summed E-state index contributed by atoms with van der Waals surface area (Å²) in [6.45, 7) is 8.44. The molecule has 3 aromatic rings. The Hall–Kier alpha value is -2.59. The first-order valence-corrected chi connectivity index (χ1v) is 15.5. The van der Waals surface area contributed by atoms with Gasteiger partial charge in [-0.3, -0.25) is 13.9 Å². The van der Waals surface area contributed by atoms with Gasteiger partial charge < -0.3 is 10.2 Å². The summed E-state index contributed by atoms with van der Waals surface area (Å²) >= 11 is 16.2. The molecule has 0 heterocycles. The van der Waals surface area contributed by atoms with E-state index in [0.29, 0.717) is 0 Å². The number of hydrogen-bond acceptors (Lipinski definition) is 4. The fraction of sp³-hybridized carbons (Fsp3) is 0.310. The maximum absolute atomic E-state index is 14.0. The van der Waals surface area contributed by atoms with Gasteiger partial charge >= 0.3 is 0 Å². The predicted octanol–water partition coefficient (Wildman–Crippen LogP) is 6.59. The van der Waals surface area contributed by atoms with E-state index in [2.05, 4.69) is 21.2 Å². The minimum Gasteiger partial charge on any atom is -0.350 e. The molecule has 0 radical (unpaired) electrons. The second-order valence-corrected chi connectivity index (χ2v) is 14.0. The summed E-state index contributed by atoms with van der Waals surface area (Å²) in [4.78, 5) is 28.5. The molecule has 3 aromatic carbocycles. The largest absolute Gasteiger partial charge is 0.350 e. The van der Waals surface area contributed by atoms with Crippen LogP contribution in [0.25, 0.3) is 0 Å². The summed E-state index contributed by atoms with van der Waals surface area (Å²) in [5.74, 6) is -0.965. The van der Waals surface area contributed by atoms with Crippen LogP contribution in [0.2, 0.25) is 10.0 Å². The average molecular weight is 669 g/mol. The third-order valence-electron chi connectivity index (χ3n) is 6.00. The second-order valence-electron chi connectivity index (χ2n) is 10.5. The van der Waals surface area contributed by atoms with Gasteiger partial charge in [-0.25, -0.2) is 8.42 Å². The number of hydrogen-bond donors (Lipinski definition) is 1. The number of nitrogens with zero attached hydrogens (tertiary/aromatic N) is 2. The highest BCUT2D eigenvalue weighted by Crippen LogP contribution is 2.35. The standard InChI is InChI=1S/C29H32BrCl2N3O4S/c1-19-12-14-23(15-13-19)40(38,39)35(25-11-7-10-24(31)27(25)32)18-26(36)34(17-21-8-6-9-22(30)16-21)20(2)28(37)33-29(3,4)5/h6-16,20H,17-18H2,1-5H3,(H,33,37)/t20-/m1/s1. The number of nitrogens with one attached hydrogen (secondary N) is 1. The maximum atomic E-state index is 14.0. The highest BCUT2D eigenvalue weighted by atomic mass is 79.9. The molecule has 1 atom stereocenters. The van der Waals surface area contributed by atoms with Crippen LogP contribution in [-0.4, -0.2) is 43.3 Å². The van der Waals surface area contributed by atoms with E-state index < -0.39 is 34.1 Å². The minimum atomic E-state index is -4.26. The Balaban J connectivity index is 2.08. The van der Waals surface area contributed by atoms with Crippen LogP contribution in [0, 0.1) is 6.92 Å². The van der Waals surface area contributed by atoms with Crippen LogP contribution in [0.3, 0.4) is 0 Å². The lowest BCUT2D eigenvalue weighted by atomic mass is 10.1. The Morgan fingerprint density at radius 1 is 1.00 bits per heavy atom. The van der Waals surface area contributed by atoms with E-state index in [0.717, 1.165) is 19.9 Å². The molecule has 0 aromatic heterocycles. The molecule has 7 nitrogen and oxygen atoms in total. The lowest BCUT2D eigenvalue weighted by molar-refractivity contribution is -0.140. The van der Waals surface area contributed by atoms with Gasteiger partial charge in [0.15, 0.2) is 0 Å². The van der Waals surface area contributed by atoms with Crippen LogP contribution in [0.5, 0.6) is 0 Å². The summed E-state index contributed by atoms with van der Waals surface area (Å²) in [7, 11) is -4.26. The van der Waals surface area contributed by atoms with Gasteiger partial charge in [-0.05, 0) is 76.6 Å². The SMILES string of the molecule is Cc1ccc(S(=O)(=O)N(CC(=O)N(Cc2cccc(Br)c2)[C@H](C)C(=O)NC(C)(C)C)c2cccc(Cl)c2Cl)cc1. The normalized spacial score (nSPS) is 12.5. The Morgan fingerprint density at radius 2 is 1.62 bits per heavy atom. The summed E-state index contributed by atoms with van der Waals surface area (Å²) in [5.41, 5.74) is 1.15. The van der Waals surface area contributed by atoms with Gasteiger partial charge in [-0.1, -0.05) is 75.0 Å². The molecule has 214 valence electrons. The number of anilines is 1. The molecule has 2 amide bonds. The minimum absolute atomic E-state index is 0.00952. The van der Waals surface area contributed by atoms with Crippen molar-refractivity contribution in [1.29, 1.82) is 0 Å². The van der Waals surface area contributed by atoms with Gasteiger partial charge in [0.05, 0.1) is 20.6 Å². The number of carbonyl (C=O) groups is 2. The number of halogens is 3. The molecule has 0 fully saturated rings. The van der Waals surface area contributed by atoms with Crippen LogP contribution in [0.1, 0.15) is 38.8 Å². The van der Waals surface area contributed by atoms with Gasteiger partial charge in [0.25, 0.3) is 10.0 Å². The van der Waals surface area contributed by atoms with Crippen LogP contribution in [0.4, 0.5) is 5.69 Å². The summed E-state index contributed by atoms with van der Waals surface area (Å²) in [6, 6.07) is 17.3. The van der Waals surface area contributed by atoms with Gasteiger partial charge in [0.1, 0.15) is 12.6 Å². The predicted molar refractivity (Wildman–Crippen MR) is 164 cm³/mol. The van der Waals surface area contributed by atoms with E-state index in [1.165, 1.54) is 29.2 Å². The lowest BCUT2D eigenvalue weighted by Gasteiger charge is -2.33. The Labute approximate surface area is 254 Å². The molecule has 0 unspecified atom stereocenters. The average Bonchev–Trinajstić information content (AvgIpc) is 2.86. The molecule has 11 heteroatoms. The highest BCUT2D eigenvalue weighted by Gasteiger charge is 2.34. The smallest absolute Gasteiger partial charge is 0.264 e. The molecule has 40 heavy (non-hydrogen) atoms. The van der Waals surface area contributed by atoms with Crippen molar-refractivity contribution in [2.75, 3.05) is 10.8 Å². The van der Waals surface area contributed by atoms with E-state index in [1.54, 1.807) is 25.1 Å². The van der Waals surface area contributed by atoms with Crippen LogP contribution >= 0.6 is 39.1 Å². The van der Waals surface area contributed by atoms with E-state index in [-0.39, 0.29) is 33.1 Å². The summed E-state index contributed by atoms with van der Waals surface area (Å²) in [6.07, 6.45) is 0. The Morgan fingerprint density at radius 3 is 2.23 bits per heavy atom. The summed E-state index contributed by atoms with van der Waals surface area (Å²) < 4.78 is 29.6. The number of sulfonamides is 1. The van der Waals surface area contributed by atoms with Crippen LogP contribution < -0.4 is 9.62 Å². The zero-order valence-corrected chi connectivity index (χ0v) is 26.8. The molecule has 1 N–H and O–H groups in total. The van der Waals surface area contributed by atoms with Crippen molar-refractivity contribution >= 4 is 66.7 Å². The van der Waals surface area contributed by atoms with Crippen molar-refractivity contribution in [3.63, 3.8) is 0 Å². The van der Waals surface area contributed by atoms with E-state index in [1.807, 2.05) is 52.0 Å². The number of amides is 2. The van der Waals surface area contributed by atoms with Crippen LogP contribution in [0.15, 0.2) is 76.1 Å². The number of aryl methyl sites for hydroxylation is 1. The molecule has 0 saturated heterocycles. The van der Waals surface area contributed by atoms with E-state index in [4.69, 9.17) is 23.2 Å². The fourth-order valence-corrected chi connectivity index (χ4v) is 6.24. The Bertz CT molecular complexity index is 1490. The van der Waals surface area contributed by atoms with Crippen molar-refractivity contribution in [1.82, 2.24) is 10.2 Å². The Kier molecular flexibility index (Phi) is 10.3. The fourth-order valence-electron chi connectivity index (χ4n) is 3.92. The number of carbonyl (C=O) groups excluding carboxylic acids is 2. The van der Waals surface area contributed by atoms with Crippen molar-refractivity contribution in [3.8, 4) is 0 Å². The molecular weight excluding hydrogens is 637 g/mol. The zero-order valence-electron chi connectivity index (χ0n) is 22.9. The maximum Gasteiger partial charge on any atom is 0.264 e. The topological polar surface area (TPSA) is 86.8 Å². The zero-order chi connectivity index (χ0) is 29.8. The lowest BCUT2D eigenvalue weighted by Crippen LogP contribution is -2.54. The van der Waals surface area contributed by atoms with Gasteiger partial charge in [0, 0.05) is 16.6 Å². The molecule has 3 rings (SSSR count). The molecule has 0 bridgehead atoms. The molecule has 0 aliphatic rings. The summed E-state index contributed by atoms with van der Waals surface area (Å²) in [5, 5.41) is 3.03. The van der Waals surface area contributed by atoms with E-state index in [9.17, 15) is 18.0 Å². The van der Waals surface area contributed by atoms with E-state index >= 15 is 0 Å². The van der Waals surface area contributed by atoms with Gasteiger partial charge in [-0.2, -0.15) is 0 Å². The highest BCUT2D eigenvalue weighted by molar-refractivity contribution is 9.10. The van der Waals surface area contributed by atoms with Crippen molar-refractivity contribution < 1.29 is 18.0 Å². The molecule has 0 aliphatic heterocycles. The number of benzene rings is 3. The first-order chi connectivity index (χ1) is 18.6. The van der Waals surface area contributed by atoms with Gasteiger partial charge in [0.2, 0.25) is 11.8 Å². The third-order valence-corrected chi connectivity index (χ3v) is 9.07. The van der Waals surface area contributed by atoms with Crippen molar-refractivity contribution in [2.45, 2.75) is 57.6 Å². The molecule has 0 spiro atoms. The first-order valence-electron chi connectivity index (χ1n) is 12.5. The molecule has 0 saturated carbocycles. The quantitative estimate of drug-likeness (QED) is 0.279. The molecular formula is C29H32BrCl2N3O4S. The van der Waals surface area contributed by atoms with Gasteiger partial charge in [-0.15, -0.1) is 0 Å².